The number of likely N-dealkylation sites (tertiary alicyclic amines) is 1. The van der Waals surface area contributed by atoms with E-state index in [-0.39, 0.29) is 11.5 Å². The van der Waals surface area contributed by atoms with Crippen LogP contribution in [-0.2, 0) is 26.3 Å². The highest BCUT2D eigenvalue weighted by Crippen LogP contribution is 2.41. The van der Waals surface area contributed by atoms with Gasteiger partial charge in [-0.3, -0.25) is 9.69 Å². The molecule has 166 valence electrons. The van der Waals surface area contributed by atoms with E-state index in [4.69, 9.17) is 14.6 Å². The Kier molecular flexibility index (Phi) is 5.36. The van der Waals surface area contributed by atoms with E-state index in [0.717, 1.165) is 43.7 Å². The van der Waals surface area contributed by atoms with Crippen LogP contribution in [0.2, 0.25) is 0 Å². The highest BCUT2D eigenvalue weighted by Gasteiger charge is 2.46. The van der Waals surface area contributed by atoms with Gasteiger partial charge in [-0.05, 0) is 50.8 Å². The van der Waals surface area contributed by atoms with E-state index in [1.54, 1.807) is 0 Å². The summed E-state index contributed by atoms with van der Waals surface area (Å²) < 4.78 is 13.8. The number of piperidine rings is 1. The molecule has 0 unspecified atom stereocenters. The number of aromatic nitrogens is 2. The van der Waals surface area contributed by atoms with Gasteiger partial charge in [-0.25, -0.2) is 4.68 Å². The van der Waals surface area contributed by atoms with Crippen molar-refractivity contribution in [3.8, 4) is 5.69 Å². The maximum Gasteiger partial charge on any atom is 0.242 e. The van der Waals surface area contributed by atoms with Crippen molar-refractivity contribution >= 4 is 5.91 Å². The number of rotatable bonds is 3. The predicted octanol–water partition coefficient (Wildman–Crippen LogP) is 2.37. The minimum Gasteiger partial charge on any atom is -0.379 e. The zero-order valence-electron chi connectivity index (χ0n) is 18.5. The number of hydrogen-bond acceptors (Lipinski definition) is 5. The molecule has 0 aliphatic carbocycles. The molecule has 2 saturated heterocycles. The van der Waals surface area contributed by atoms with E-state index >= 15 is 0 Å². The molecule has 0 radical (unpaired) electrons. The van der Waals surface area contributed by atoms with Crippen LogP contribution in [0.25, 0.3) is 5.69 Å². The van der Waals surface area contributed by atoms with Crippen LogP contribution in [0.1, 0.15) is 37.9 Å². The first-order valence-corrected chi connectivity index (χ1v) is 11.4. The quantitative estimate of drug-likeness (QED) is 0.757. The molecule has 1 spiro atoms. The van der Waals surface area contributed by atoms with Gasteiger partial charge in [0.2, 0.25) is 5.91 Å². The molecule has 2 aromatic rings. The smallest absolute Gasteiger partial charge is 0.242 e. The Balaban J connectivity index is 1.32. The topological polar surface area (TPSA) is 59.8 Å². The Labute approximate surface area is 183 Å². The first-order chi connectivity index (χ1) is 15.0. The average Bonchev–Trinajstić information content (AvgIpc) is 3.27. The Morgan fingerprint density at radius 3 is 2.45 bits per heavy atom. The Morgan fingerprint density at radius 2 is 1.74 bits per heavy atom. The summed E-state index contributed by atoms with van der Waals surface area (Å²) in [5.41, 5.74) is 2.49. The zero-order valence-corrected chi connectivity index (χ0v) is 18.5. The summed E-state index contributed by atoms with van der Waals surface area (Å²) in [6, 6.07) is 10.2. The summed E-state index contributed by atoms with van der Waals surface area (Å²) in [5.74, 6) is 0.204. The molecule has 0 atom stereocenters. The van der Waals surface area contributed by atoms with Crippen molar-refractivity contribution in [1.29, 1.82) is 0 Å². The van der Waals surface area contributed by atoms with Gasteiger partial charge >= 0.3 is 0 Å². The Hall–Kier alpha value is -2.22. The van der Waals surface area contributed by atoms with Crippen molar-refractivity contribution in [2.24, 2.45) is 0 Å². The third-order valence-corrected chi connectivity index (χ3v) is 7.18. The lowest BCUT2D eigenvalue weighted by molar-refractivity contribution is -0.154. The van der Waals surface area contributed by atoms with Crippen LogP contribution in [0.3, 0.4) is 0 Å². The van der Waals surface area contributed by atoms with Crippen molar-refractivity contribution in [3.63, 3.8) is 0 Å². The van der Waals surface area contributed by atoms with E-state index in [9.17, 15) is 4.79 Å². The second-order valence-corrected chi connectivity index (χ2v) is 9.33. The maximum atomic E-state index is 13.4. The van der Waals surface area contributed by atoms with E-state index in [2.05, 4.69) is 23.2 Å². The van der Waals surface area contributed by atoms with Crippen LogP contribution < -0.4 is 0 Å². The van der Waals surface area contributed by atoms with Gasteiger partial charge in [-0.2, -0.15) is 5.10 Å². The number of carbonyl (C=O) groups excluding carboxylic acids is 1. The predicted molar refractivity (Wildman–Crippen MR) is 117 cm³/mol. The molecule has 7 nitrogen and oxygen atoms in total. The number of fused-ring (bicyclic) bond motifs is 2. The van der Waals surface area contributed by atoms with Crippen molar-refractivity contribution in [2.75, 3.05) is 46.0 Å². The standard InChI is InChI=1S/C24H32N4O3/c1-23(2,27-13-16-30-17-14-27)22(29)26-11-9-24(10-12-26)21-19(8-15-31-24)18-28(25-21)20-6-4-3-5-7-20/h3-7,18H,8-17H2,1-2H3. The van der Waals surface area contributed by atoms with Crippen LogP contribution in [0, 0.1) is 0 Å². The third kappa shape index (κ3) is 3.69. The first kappa shape index (κ1) is 20.7. The van der Waals surface area contributed by atoms with Crippen molar-refractivity contribution in [2.45, 2.75) is 44.2 Å². The molecule has 0 N–H and O–H groups in total. The second kappa shape index (κ2) is 8.04. The monoisotopic (exact) mass is 424 g/mol. The molecule has 0 saturated carbocycles. The first-order valence-electron chi connectivity index (χ1n) is 11.4. The Morgan fingerprint density at radius 1 is 1.03 bits per heavy atom. The summed E-state index contributed by atoms with van der Waals surface area (Å²) in [4.78, 5) is 17.7. The van der Waals surface area contributed by atoms with Gasteiger partial charge < -0.3 is 14.4 Å². The van der Waals surface area contributed by atoms with Crippen LogP contribution in [-0.4, -0.2) is 77.0 Å². The fourth-order valence-electron chi connectivity index (χ4n) is 5.21. The van der Waals surface area contributed by atoms with E-state index < -0.39 is 5.54 Å². The largest absolute Gasteiger partial charge is 0.379 e. The maximum absolute atomic E-state index is 13.4. The van der Waals surface area contributed by atoms with Gasteiger partial charge in [-0.15, -0.1) is 0 Å². The number of nitrogens with zero attached hydrogens (tertiary/aromatic N) is 4. The van der Waals surface area contributed by atoms with Crippen molar-refractivity contribution in [3.05, 3.63) is 47.8 Å². The van der Waals surface area contributed by atoms with E-state index in [1.807, 2.05) is 41.6 Å². The lowest BCUT2D eigenvalue weighted by atomic mass is 9.83. The molecule has 31 heavy (non-hydrogen) atoms. The number of amides is 1. The van der Waals surface area contributed by atoms with Crippen LogP contribution in [0.5, 0.6) is 0 Å². The molecule has 1 aromatic heterocycles. The average molecular weight is 425 g/mol. The molecule has 4 heterocycles. The van der Waals surface area contributed by atoms with Gasteiger partial charge in [0.05, 0.1) is 36.7 Å². The summed E-state index contributed by atoms with van der Waals surface area (Å²) in [7, 11) is 0. The zero-order chi connectivity index (χ0) is 21.5. The minimum absolute atomic E-state index is 0.204. The highest BCUT2D eigenvalue weighted by atomic mass is 16.5. The fraction of sp³-hybridized carbons (Fsp3) is 0.583. The number of carbonyl (C=O) groups is 1. The SMILES string of the molecule is CC(C)(C(=O)N1CCC2(CC1)OCCc1cn(-c3ccccc3)nc12)N1CCOCC1. The molecule has 1 amide bonds. The lowest BCUT2D eigenvalue weighted by Gasteiger charge is -2.47. The van der Waals surface area contributed by atoms with Gasteiger partial charge in [0.15, 0.2) is 0 Å². The molecule has 0 bridgehead atoms. The summed E-state index contributed by atoms with van der Waals surface area (Å²) in [6.07, 6.45) is 4.61. The summed E-state index contributed by atoms with van der Waals surface area (Å²) in [5, 5.41) is 4.96. The number of benzene rings is 1. The van der Waals surface area contributed by atoms with Crippen LogP contribution in [0.15, 0.2) is 36.5 Å². The summed E-state index contributed by atoms with van der Waals surface area (Å²) >= 11 is 0. The molecule has 3 aliphatic heterocycles. The van der Waals surface area contributed by atoms with Gasteiger partial charge in [-0.1, -0.05) is 18.2 Å². The number of hydrogen-bond donors (Lipinski definition) is 0. The van der Waals surface area contributed by atoms with Gasteiger partial charge in [0.1, 0.15) is 5.60 Å². The second-order valence-electron chi connectivity index (χ2n) is 9.33. The highest BCUT2D eigenvalue weighted by molar-refractivity contribution is 5.85. The van der Waals surface area contributed by atoms with Crippen molar-refractivity contribution < 1.29 is 14.3 Å². The molecular formula is C24H32N4O3. The lowest BCUT2D eigenvalue weighted by Crippen LogP contribution is -2.61. The Bertz CT molecular complexity index is 926. The van der Waals surface area contributed by atoms with Crippen LogP contribution >= 0.6 is 0 Å². The normalized spacial score (nSPS) is 21.8. The van der Waals surface area contributed by atoms with Gasteiger partial charge in [0.25, 0.3) is 0 Å². The molecule has 1 aromatic carbocycles. The number of para-hydroxylation sites is 1. The van der Waals surface area contributed by atoms with Crippen molar-refractivity contribution in [1.82, 2.24) is 19.6 Å². The van der Waals surface area contributed by atoms with Gasteiger partial charge in [0, 0.05) is 32.4 Å². The van der Waals surface area contributed by atoms with Crippen LogP contribution in [0.4, 0.5) is 0 Å². The fourth-order valence-corrected chi connectivity index (χ4v) is 5.21. The minimum atomic E-state index is -0.512. The third-order valence-electron chi connectivity index (χ3n) is 7.18. The van der Waals surface area contributed by atoms with E-state index in [0.29, 0.717) is 32.9 Å². The molecule has 7 heteroatoms. The summed E-state index contributed by atoms with van der Waals surface area (Å²) in [6.45, 7) is 9.19. The van der Waals surface area contributed by atoms with E-state index in [1.165, 1.54) is 5.56 Å². The molecular weight excluding hydrogens is 392 g/mol. The molecule has 3 aliphatic rings. The molecule has 5 rings (SSSR count). The number of morpholine rings is 1. The number of ether oxygens (including phenoxy) is 2. The molecule has 2 fully saturated rings.